The molecule has 6 heteroatoms. The van der Waals surface area contributed by atoms with Gasteiger partial charge in [0.25, 0.3) is 11.6 Å². The molecule has 1 aromatic carbocycles. The van der Waals surface area contributed by atoms with Crippen LogP contribution in [0.4, 0.5) is 5.69 Å². The lowest BCUT2D eigenvalue weighted by Crippen LogP contribution is -2.36. The van der Waals surface area contributed by atoms with E-state index in [9.17, 15) is 14.9 Å². The van der Waals surface area contributed by atoms with Crippen LogP contribution >= 0.6 is 11.6 Å². The first kappa shape index (κ1) is 16.4. The van der Waals surface area contributed by atoms with E-state index in [1.54, 1.807) is 11.9 Å². The number of nitro groups is 1. The molecule has 0 saturated heterocycles. The quantitative estimate of drug-likeness (QED) is 0.614. The Hall–Kier alpha value is -1.62. The lowest BCUT2D eigenvalue weighted by atomic mass is 10.0. The molecule has 0 radical (unpaired) electrons. The van der Waals surface area contributed by atoms with Crippen LogP contribution in [0.1, 0.15) is 37.6 Å². The van der Waals surface area contributed by atoms with Crippen LogP contribution in [0.5, 0.6) is 0 Å². The van der Waals surface area contributed by atoms with Crippen LogP contribution in [0.2, 0.25) is 5.02 Å². The molecule has 5 nitrogen and oxygen atoms in total. The molecule has 0 N–H and O–H groups in total. The Balaban J connectivity index is 3.02. The zero-order valence-corrected chi connectivity index (χ0v) is 12.8. The number of hydrogen-bond donors (Lipinski definition) is 0. The minimum atomic E-state index is -0.537. The van der Waals surface area contributed by atoms with Gasteiger partial charge in [0.05, 0.1) is 15.5 Å². The fraction of sp³-hybridized carbons (Fsp3) is 0.500. The topological polar surface area (TPSA) is 63.5 Å². The smallest absolute Gasteiger partial charge is 0.270 e. The second-order valence-corrected chi connectivity index (χ2v) is 5.72. The SMILES string of the molecule is CC(C)CC(C)N(C)C(=O)c1cc([N+](=O)[O-])ccc1Cl. The number of hydrogen-bond acceptors (Lipinski definition) is 3. The highest BCUT2D eigenvalue weighted by Gasteiger charge is 2.22. The first-order valence-electron chi connectivity index (χ1n) is 6.45. The lowest BCUT2D eigenvalue weighted by molar-refractivity contribution is -0.384. The van der Waals surface area contributed by atoms with Crippen molar-refractivity contribution in [2.24, 2.45) is 5.92 Å². The summed E-state index contributed by atoms with van der Waals surface area (Å²) in [4.78, 5) is 24.2. The van der Waals surface area contributed by atoms with Gasteiger partial charge in [-0.3, -0.25) is 14.9 Å². The Kier molecular flexibility index (Phi) is 5.51. The maximum absolute atomic E-state index is 12.4. The minimum absolute atomic E-state index is 0.0397. The minimum Gasteiger partial charge on any atom is -0.339 e. The highest BCUT2D eigenvalue weighted by Crippen LogP contribution is 2.24. The van der Waals surface area contributed by atoms with Crippen molar-refractivity contribution < 1.29 is 9.72 Å². The predicted molar refractivity (Wildman–Crippen MR) is 79.1 cm³/mol. The second kappa shape index (κ2) is 6.70. The number of benzene rings is 1. The molecular formula is C14H19ClN2O3. The zero-order chi connectivity index (χ0) is 15.4. The molecule has 0 saturated carbocycles. The highest BCUT2D eigenvalue weighted by atomic mass is 35.5. The number of nitro benzene ring substituents is 1. The van der Waals surface area contributed by atoms with E-state index >= 15 is 0 Å². The van der Waals surface area contributed by atoms with Crippen molar-refractivity contribution >= 4 is 23.2 Å². The summed E-state index contributed by atoms with van der Waals surface area (Å²) in [5.41, 5.74) is 0.0293. The van der Waals surface area contributed by atoms with Crippen LogP contribution in [0.15, 0.2) is 18.2 Å². The molecule has 0 aliphatic rings. The second-order valence-electron chi connectivity index (χ2n) is 5.32. The molecule has 0 heterocycles. The van der Waals surface area contributed by atoms with E-state index in [1.807, 2.05) is 6.92 Å². The zero-order valence-electron chi connectivity index (χ0n) is 12.1. The average Bonchev–Trinajstić information content (AvgIpc) is 2.36. The maximum atomic E-state index is 12.4. The molecule has 0 aliphatic heterocycles. The molecule has 110 valence electrons. The van der Waals surface area contributed by atoms with E-state index in [0.717, 1.165) is 6.42 Å². The number of carbonyl (C=O) groups excluding carboxylic acids is 1. The third-order valence-corrected chi connectivity index (χ3v) is 3.51. The van der Waals surface area contributed by atoms with E-state index in [2.05, 4.69) is 13.8 Å². The molecule has 20 heavy (non-hydrogen) atoms. The van der Waals surface area contributed by atoms with Crippen molar-refractivity contribution in [3.63, 3.8) is 0 Å². The van der Waals surface area contributed by atoms with Gasteiger partial charge in [-0.05, 0) is 25.3 Å². The molecule has 1 unspecified atom stereocenters. The van der Waals surface area contributed by atoms with Gasteiger partial charge in [-0.1, -0.05) is 25.4 Å². The van der Waals surface area contributed by atoms with Crippen LogP contribution in [0.3, 0.4) is 0 Å². The third kappa shape index (κ3) is 3.93. The Labute approximate surface area is 123 Å². The Morgan fingerprint density at radius 3 is 2.50 bits per heavy atom. The van der Waals surface area contributed by atoms with Crippen molar-refractivity contribution in [3.05, 3.63) is 38.9 Å². The van der Waals surface area contributed by atoms with Crippen molar-refractivity contribution in [2.75, 3.05) is 7.05 Å². The first-order chi connectivity index (χ1) is 9.23. The normalized spacial score (nSPS) is 12.3. The summed E-state index contributed by atoms with van der Waals surface area (Å²) in [6.45, 7) is 6.10. The summed E-state index contributed by atoms with van der Waals surface area (Å²) in [5, 5.41) is 11.0. The van der Waals surface area contributed by atoms with Crippen LogP contribution < -0.4 is 0 Å². The fourth-order valence-electron chi connectivity index (χ4n) is 2.02. The van der Waals surface area contributed by atoms with E-state index in [1.165, 1.54) is 18.2 Å². The molecule has 0 fully saturated rings. The van der Waals surface area contributed by atoms with Gasteiger partial charge in [0.2, 0.25) is 0 Å². The van der Waals surface area contributed by atoms with Crippen LogP contribution in [-0.2, 0) is 0 Å². The first-order valence-corrected chi connectivity index (χ1v) is 6.83. The number of carbonyl (C=O) groups is 1. The number of nitrogens with zero attached hydrogens (tertiary/aromatic N) is 2. The predicted octanol–water partition coefficient (Wildman–Crippen LogP) is 3.75. The van der Waals surface area contributed by atoms with E-state index in [-0.39, 0.29) is 28.2 Å². The van der Waals surface area contributed by atoms with E-state index < -0.39 is 4.92 Å². The molecule has 0 spiro atoms. The summed E-state index contributed by atoms with van der Waals surface area (Å²) in [6, 6.07) is 3.94. The van der Waals surface area contributed by atoms with Gasteiger partial charge in [0, 0.05) is 25.2 Å². The maximum Gasteiger partial charge on any atom is 0.270 e. The standard InChI is InChI=1S/C14H19ClN2O3/c1-9(2)7-10(3)16(4)14(18)12-8-11(17(19)20)5-6-13(12)15/h5-6,8-10H,7H2,1-4H3. The van der Waals surface area contributed by atoms with Gasteiger partial charge in [-0.15, -0.1) is 0 Å². The number of rotatable bonds is 5. The number of non-ortho nitro benzene ring substituents is 1. The molecule has 1 atom stereocenters. The Bertz CT molecular complexity index is 517. The number of amides is 1. The van der Waals surface area contributed by atoms with Gasteiger partial charge in [-0.25, -0.2) is 0 Å². The molecule has 0 bridgehead atoms. The highest BCUT2D eigenvalue weighted by molar-refractivity contribution is 6.33. The van der Waals surface area contributed by atoms with Gasteiger partial charge in [0.1, 0.15) is 0 Å². The van der Waals surface area contributed by atoms with Gasteiger partial charge < -0.3 is 4.90 Å². The Morgan fingerprint density at radius 2 is 2.00 bits per heavy atom. The summed E-state index contributed by atoms with van der Waals surface area (Å²) in [7, 11) is 1.69. The lowest BCUT2D eigenvalue weighted by Gasteiger charge is -2.26. The molecular weight excluding hydrogens is 280 g/mol. The molecule has 1 rings (SSSR count). The van der Waals surface area contributed by atoms with E-state index in [4.69, 9.17) is 11.6 Å². The number of halogens is 1. The summed E-state index contributed by atoms with van der Waals surface area (Å²) in [5.74, 6) is 0.160. The van der Waals surface area contributed by atoms with Gasteiger partial charge >= 0.3 is 0 Å². The molecule has 0 aliphatic carbocycles. The molecule has 1 amide bonds. The summed E-state index contributed by atoms with van der Waals surface area (Å²) >= 11 is 5.98. The van der Waals surface area contributed by atoms with Crippen LogP contribution in [-0.4, -0.2) is 28.8 Å². The molecule has 0 aromatic heterocycles. The van der Waals surface area contributed by atoms with Crippen molar-refractivity contribution in [3.8, 4) is 0 Å². The summed E-state index contributed by atoms with van der Waals surface area (Å²) in [6.07, 6.45) is 0.856. The largest absolute Gasteiger partial charge is 0.339 e. The van der Waals surface area contributed by atoms with Crippen molar-refractivity contribution in [1.29, 1.82) is 0 Å². The Morgan fingerprint density at radius 1 is 1.40 bits per heavy atom. The van der Waals surface area contributed by atoms with Gasteiger partial charge in [-0.2, -0.15) is 0 Å². The molecule has 1 aromatic rings. The fourth-order valence-corrected chi connectivity index (χ4v) is 2.22. The summed E-state index contributed by atoms with van der Waals surface area (Å²) < 4.78 is 0. The van der Waals surface area contributed by atoms with Gasteiger partial charge in [0.15, 0.2) is 0 Å². The van der Waals surface area contributed by atoms with Crippen LogP contribution in [0, 0.1) is 16.0 Å². The third-order valence-electron chi connectivity index (χ3n) is 3.19. The average molecular weight is 299 g/mol. The van der Waals surface area contributed by atoms with E-state index in [0.29, 0.717) is 5.92 Å². The van der Waals surface area contributed by atoms with Crippen molar-refractivity contribution in [2.45, 2.75) is 33.2 Å². The van der Waals surface area contributed by atoms with Crippen molar-refractivity contribution in [1.82, 2.24) is 4.90 Å². The van der Waals surface area contributed by atoms with Crippen LogP contribution in [0.25, 0.3) is 0 Å². The monoisotopic (exact) mass is 298 g/mol.